The molecule has 0 heterocycles. The van der Waals surface area contributed by atoms with Crippen LogP contribution in [0.3, 0.4) is 0 Å². The van der Waals surface area contributed by atoms with Gasteiger partial charge in [-0.3, -0.25) is 9.52 Å². The topological polar surface area (TPSA) is 63.2 Å². The normalized spacial score (nSPS) is 12.2. The summed E-state index contributed by atoms with van der Waals surface area (Å²) in [6.45, 7) is 5.99. The predicted octanol–water partition coefficient (Wildman–Crippen LogP) is 2.68. The lowest BCUT2D eigenvalue weighted by Crippen LogP contribution is -2.20. The van der Waals surface area contributed by atoms with Crippen LogP contribution in [0.2, 0.25) is 0 Å². The van der Waals surface area contributed by atoms with Crippen molar-refractivity contribution in [2.75, 3.05) is 10.5 Å². The van der Waals surface area contributed by atoms with Crippen LogP contribution in [0, 0.1) is 5.41 Å². The lowest BCUT2D eigenvalue weighted by molar-refractivity contribution is 0.112. The maximum Gasteiger partial charge on any atom is 0.232 e. The highest BCUT2D eigenvalue weighted by molar-refractivity contribution is 7.92. The van der Waals surface area contributed by atoms with Crippen molar-refractivity contribution in [2.24, 2.45) is 5.41 Å². The largest absolute Gasteiger partial charge is 0.298 e. The third-order valence-corrected chi connectivity index (χ3v) is 3.71. The molecule has 5 heteroatoms. The van der Waals surface area contributed by atoms with Gasteiger partial charge in [-0.2, -0.15) is 0 Å². The summed E-state index contributed by atoms with van der Waals surface area (Å²) in [4.78, 5) is 10.6. The summed E-state index contributed by atoms with van der Waals surface area (Å²) < 4.78 is 26.2. The zero-order valence-corrected chi connectivity index (χ0v) is 11.8. The van der Waals surface area contributed by atoms with Gasteiger partial charge in [0.1, 0.15) is 6.29 Å². The Labute approximate surface area is 108 Å². The number of sulfonamides is 1. The van der Waals surface area contributed by atoms with Gasteiger partial charge in [-0.15, -0.1) is 0 Å². The van der Waals surface area contributed by atoms with E-state index in [9.17, 15) is 13.2 Å². The molecule has 0 saturated heterocycles. The third-order valence-electron chi connectivity index (χ3n) is 2.42. The molecule has 4 nitrogen and oxygen atoms in total. The number of hydrogen-bond acceptors (Lipinski definition) is 3. The van der Waals surface area contributed by atoms with Crippen molar-refractivity contribution in [2.45, 2.75) is 27.2 Å². The van der Waals surface area contributed by atoms with Crippen LogP contribution >= 0.6 is 0 Å². The highest BCUT2D eigenvalue weighted by Gasteiger charge is 2.17. The summed E-state index contributed by atoms with van der Waals surface area (Å²) in [6, 6.07) is 6.41. The zero-order valence-electron chi connectivity index (χ0n) is 10.9. The number of aldehydes is 1. The van der Waals surface area contributed by atoms with E-state index in [1.165, 1.54) is 6.07 Å². The molecule has 1 aromatic carbocycles. The fourth-order valence-electron chi connectivity index (χ4n) is 1.35. The molecule has 0 spiro atoms. The van der Waals surface area contributed by atoms with Crippen molar-refractivity contribution in [1.82, 2.24) is 0 Å². The molecule has 0 aliphatic carbocycles. The highest BCUT2D eigenvalue weighted by Crippen LogP contribution is 2.20. The molecule has 1 N–H and O–H groups in total. The minimum absolute atomic E-state index is 0.0284. The van der Waals surface area contributed by atoms with Crippen LogP contribution in [-0.2, 0) is 10.0 Å². The van der Waals surface area contributed by atoms with Gasteiger partial charge in [0.2, 0.25) is 10.0 Å². The van der Waals surface area contributed by atoms with Crippen LogP contribution in [-0.4, -0.2) is 20.5 Å². The molecule has 0 aromatic heterocycles. The molecule has 0 atom stereocenters. The monoisotopic (exact) mass is 269 g/mol. The van der Waals surface area contributed by atoms with Gasteiger partial charge in [-0.05, 0) is 24.0 Å². The Hall–Kier alpha value is -1.36. The SMILES string of the molecule is CC(C)(C)CCS(=O)(=O)Nc1cccc(C=O)c1. The Balaban J connectivity index is 2.73. The van der Waals surface area contributed by atoms with Crippen molar-refractivity contribution < 1.29 is 13.2 Å². The van der Waals surface area contributed by atoms with Crippen LogP contribution in [0.25, 0.3) is 0 Å². The van der Waals surface area contributed by atoms with Crippen LogP contribution in [0.15, 0.2) is 24.3 Å². The van der Waals surface area contributed by atoms with Gasteiger partial charge in [-0.1, -0.05) is 32.9 Å². The van der Waals surface area contributed by atoms with Crippen LogP contribution < -0.4 is 4.72 Å². The first kappa shape index (κ1) is 14.7. The molecule has 0 radical (unpaired) electrons. The summed E-state index contributed by atoms with van der Waals surface area (Å²) in [5, 5.41) is 0. The molecule has 1 rings (SSSR count). The van der Waals surface area contributed by atoms with Gasteiger partial charge >= 0.3 is 0 Å². The molecule has 0 bridgehead atoms. The number of carbonyl (C=O) groups is 1. The average molecular weight is 269 g/mol. The van der Waals surface area contributed by atoms with Crippen molar-refractivity contribution in [1.29, 1.82) is 0 Å². The molecule has 0 aliphatic rings. The second-order valence-electron chi connectivity index (χ2n) is 5.47. The Kier molecular flexibility index (Phi) is 4.51. The molecule has 18 heavy (non-hydrogen) atoms. The third kappa shape index (κ3) is 5.31. The molecule has 0 fully saturated rings. The number of nitrogens with one attached hydrogen (secondary N) is 1. The van der Waals surface area contributed by atoms with E-state index in [1.54, 1.807) is 18.2 Å². The summed E-state index contributed by atoms with van der Waals surface area (Å²) in [5.74, 6) is 0.0712. The maximum absolute atomic E-state index is 11.8. The first-order valence-corrected chi connectivity index (χ1v) is 7.43. The fourth-order valence-corrected chi connectivity index (χ4v) is 2.82. The summed E-state index contributed by atoms with van der Waals surface area (Å²) in [7, 11) is -3.36. The summed E-state index contributed by atoms with van der Waals surface area (Å²) in [5.41, 5.74) is 0.846. The minimum Gasteiger partial charge on any atom is -0.298 e. The van der Waals surface area contributed by atoms with Crippen molar-refractivity contribution >= 4 is 22.0 Å². The second kappa shape index (κ2) is 5.52. The van der Waals surface area contributed by atoms with E-state index in [-0.39, 0.29) is 11.2 Å². The molecular formula is C13H19NO3S. The van der Waals surface area contributed by atoms with E-state index in [2.05, 4.69) is 4.72 Å². The number of rotatable bonds is 5. The van der Waals surface area contributed by atoms with E-state index in [4.69, 9.17) is 0 Å². The lowest BCUT2D eigenvalue weighted by atomic mass is 9.94. The van der Waals surface area contributed by atoms with E-state index >= 15 is 0 Å². The van der Waals surface area contributed by atoms with Crippen molar-refractivity contribution in [3.8, 4) is 0 Å². The van der Waals surface area contributed by atoms with E-state index in [0.29, 0.717) is 24.0 Å². The second-order valence-corrected chi connectivity index (χ2v) is 7.32. The minimum atomic E-state index is -3.36. The molecule has 0 amide bonds. The van der Waals surface area contributed by atoms with Crippen LogP contribution in [0.4, 0.5) is 5.69 Å². The highest BCUT2D eigenvalue weighted by atomic mass is 32.2. The molecule has 1 aromatic rings. The first-order chi connectivity index (χ1) is 8.22. The number of carbonyl (C=O) groups excluding carboxylic acids is 1. The molecular weight excluding hydrogens is 250 g/mol. The van der Waals surface area contributed by atoms with Crippen molar-refractivity contribution in [3.63, 3.8) is 0 Å². The van der Waals surface area contributed by atoms with Gasteiger partial charge in [-0.25, -0.2) is 8.42 Å². The average Bonchev–Trinajstić information content (AvgIpc) is 2.25. The van der Waals surface area contributed by atoms with E-state index < -0.39 is 10.0 Å². The number of benzene rings is 1. The van der Waals surface area contributed by atoms with Gasteiger partial charge in [0, 0.05) is 11.3 Å². The van der Waals surface area contributed by atoms with E-state index in [1.807, 2.05) is 20.8 Å². The quantitative estimate of drug-likeness (QED) is 0.836. The maximum atomic E-state index is 11.8. The Morgan fingerprint density at radius 2 is 1.94 bits per heavy atom. The predicted molar refractivity (Wildman–Crippen MR) is 73.3 cm³/mol. The molecule has 100 valence electrons. The number of anilines is 1. The van der Waals surface area contributed by atoms with Crippen molar-refractivity contribution in [3.05, 3.63) is 29.8 Å². The lowest BCUT2D eigenvalue weighted by Gasteiger charge is -2.18. The number of hydrogen-bond donors (Lipinski definition) is 1. The molecule has 0 unspecified atom stereocenters. The summed E-state index contributed by atoms with van der Waals surface area (Å²) >= 11 is 0. The standard InChI is InChI=1S/C13H19NO3S/c1-13(2,3)7-8-18(16,17)14-12-6-4-5-11(9-12)10-15/h4-6,9-10,14H,7-8H2,1-3H3. The van der Waals surface area contributed by atoms with Crippen LogP contribution in [0.5, 0.6) is 0 Å². The Morgan fingerprint density at radius 1 is 1.28 bits per heavy atom. The van der Waals surface area contributed by atoms with Gasteiger partial charge < -0.3 is 0 Å². The summed E-state index contributed by atoms with van der Waals surface area (Å²) in [6.07, 6.45) is 1.27. The van der Waals surface area contributed by atoms with Crippen LogP contribution in [0.1, 0.15) is 37.6 Å². The Morgan fingerprint density at radius 3 is 2.50 bits per heavy atom. The van der Waals surface area contributed by atoms with Gasteiger partial charge in [0.25, 0.3) is 0 Å². The molecule has 0 saturated carbocycles. The fraction of sp³-hybridized carbons (Fsp3) is 0.462. The smallest absolute Gasteiger partial charge is 0.232 e. The van der Waals surface area contributed by atoms with Gasteiger partial charge in [0.05, 0.1) is 5.75 Å². The van der Waals surface area contributed by atoms with Gasteiger partial charge in [0.15, 0.2) is 0 Å². The van der Waals surface area contributed by atoms with E-state index in [0.717, 1.165) is 0 Å². The zero-order chi connectivity index (χ0) is 13.8. The first-order valence-electron chi connectivity index (χ1n) is 5.78. The molecule has 0 aliphatic heterocycles. The Bertz CT molecular complexity index is 515.